The summed E-state index contributed by atoms with van der Waals surface area (Å²) in [7, 11) is 1.51. The normalized spacial score (nSPS) is 10.6. The Morgan fingerprint density at radius 3 is 2.55 bits per heavy atom. The van der Waals surface area contributed by atoms with Gasteiger partial charge in [-0.25, -0.2) is 9.07 Å². The number of rotatable bonds is 5. The van der Waals surface area contributed by atoms with Crippen molar-refractivity contribution >= 4 is 11.8 Å². The zero-order valence-corrected chi connectivity index (χ0v) is 15.9. The predicted octanol–water partition coefficient (Wildman–Crippen LogP) is 2.05. The number of amides is 2. The molecule has 0 aliphatic rings. The van der Waals surface area contributed by atoms with Crippen LogP contribution in [0.4, 0.5) is 4.39 Å². The molecule has 0 atom stereocenters. The third kappa shape index (κ3) is 4.21. The van der Waals surface area contributed by atoms with Crippen LogP contribution >= 0.6 is 0 Å². The highest BCUT2D eigenvalue weighted by molar-refractivity contribution is 5.93. The number of nitrogens with two attached hydrogens (primary N) is 1. The van der Waals surface area contributed by atoms with Gasteiger partial charge in [0.15, 0.2) is 5.69 Å². The van der Waals surface area contributed by atoms with Gasteiger partial charge in [0.2, 0.25) is 11.3 Å². The maximum atomic E-state index is 14.2. The molecule has 1 heterocycles. The molecule has 0 saturated heterocycles. The molecular formula is C21H19FN4O3. The van der Waals surface area contributed by atoms with Gasteiger partial charge in [-0.15, -0.1) is 0 Å². The van der Waals surface area contributed by atoms with Crippen molar-refractivity contribution in [2.45, 2.75) is 13.5 Å². The first-order valence-electron chi connectivity index (χ1n) is 8.78. The number of hydrogen-bond donors (Lipinski definition) is 1. The van der Waals surface area contributed by atoms with E-state index in [2.05, 4.69) is 5.10 Å². The molecule has 0 fully saturated rings. The van der Waals surface area contributed by atoms with E-state index < -0.39 is 23.1 Å². The first kappa shape index (κ1) is 19.9. The molecule has 29 heavy (non-hydrogen) atoms. The van der Waals surface area contributed by atoms with Crippen molar-refractivity contribution in [1.82, 2.24) is 14.7 Å². The third-order valence-corrected chi connectivity index (χ3v) is 4.37. The second-order valence-electron chi connectivity index (χ2n) is 6.59. The molecule has 2 N–H and O–H groups in total. The summed E-state index contributed by atoms with van der Waals surface area (Å²) in [4.78, 5) is 37.8. The van der Waals surface area contributed by atoms with Gasteiger partial charge < -0.3 is 10.6 Å². The van der Waals surface area contributed by atoms with Gasteiger partial charge in [0.05, 0.1) is 0 Å². The zero-order valence-electron chi connectivity index (χ0n) is 15.9. The van der Waals surface area contributed by atoms with Crippen LogP contribution in [0, 0.1) is 12.7 Å². The van der Waals surface area contributed by atoms with Crippen LogP contribution in [0.3, 0.4) is 0 Å². The maximum absolute atomic E-state index is 14.2. The number of primary amides is 1. The summed E-state index contributed by atoms with van der Waals surface area (Å²) in [5, 5.41) is 4.11. The van der Waals surface area contributed by atoms with Gasteiger partial charge in [0, 0.05) is 30.9 Å². The van der Waals surface area contributed by atoms with E-state index in [1.54, 1.807) is 37.3 Å². The molecule has 1 aromatic heterocycles. The van der Waals surface area contributed by atoms with Crippen LogP contribution in [-0.4, -0.2) is 33.5 Å². The second kappa shape index (κ2) is 8.05. The number of halogens is 1. The Bertz CT molecular complexity index is 1160. The standard InChI is InChI=1S/C21H19FN4O3/c1-13-10-18(27)19(24-26(13)17-9-4-3-8-16(17)22)21(29)25(2)12-14-6-5-7-15(11-14)20(23)28/h3-11H,12H2,1-2H3,(H2,23,28). The van der Waals surface area contributed by atoms with Gasteiger partial charge in [0.1, 0.15) is 11.5 Å². The molecule has 3 aromatic rings. The molecule has 0 spiro atoms. The van der Waals surface area contributed by atoms with Crippen molar-refractivity contribution in [3.63, 3.8) is 0 Å². The molecule has 2 amide bonds. The topological polar surface area (TPSA) is 98.3 Å². The van der Waals surface area contributed by atoms with Crippen LogP contribution in [0.15, 0.2) is 59.4 Å². The zero-order chi connectivity index (χ0) is 21.1. The average molecular weight is 394 g/mol. The number of aryl methyl sites for hydroxylation is 1. The molecule has 0 saturated carbocycles. The van der Waals surface area contributed by atoms with E-state index in [-0.39, 0.29) is 17.9 Å². The monoisotopic (exact) mass is 394 g/mol. The number of nitrogens with zero attached hydrogens (tertiary/aromatic N) is 3. The van der Waals surface area contributed by atoms with Crippen LogP contribution in [-0.2, 0) is 6.54 Å². The lowest BCUT2D eigenvalue weighted by Crippen LogP contribution is -2.33. The molecular weight excluding hydrogens is 375 g/mol. The van der Waals surface area contributed by atoms with Gasteiger partial charge in [-0.2, -0.15) is 5.10 Å². The van der Waals surface area contributed by atoms with Crippen molar-refractivity contribution in [2.24, 2.45) is 5.73 Å². The van der Waals surface area contributed by atoms with E-state index in [1.165, 1.54) is 40.9 Å². The van der Waals surface area contributed by atoms with Gasteiger partial charge in [-0.3, -0.25) is 14.4 Å². The molecule has 2 aromatic carbocycles. The maximum Gasteiger partial charge on any atom is 0.278 e. The third-order valence-electron chi connectivity index (χ3n) is 4.37. The van der Waals surface area contributed by atoms with Crippen LogP contribution in [0.5, 0.6) is 0 Å². The Morgan fingerprint density at radius 1 is 1.14 bits per heavy atom. The molecule has 0 unspecified atom stereocenters. The van der Waals surface area contributed by atoms with Crippen LogP contribution in [0.25, 0.3) is 5.69 Å². The summed E-state index contributed by atoms with van der Waals surface area (Å²) in [6.07, 6.45) is 0. The molecule has 0 bridgehead atoms. The SMILES string of the molecule is Cc1cc(=O)c(C(=O)N(C)Cc2cccc(C(N)=O)c2)nn1-c1ccccc1F. The number of hydrogen-bond acceptors (Lipinski definition) is 4. The quantitative estimate of drug-likeness (QED) is 0.716. The van der Waals surface area contributed by atoms with Gasteiger partial charge in [-0.05, 0) is 36.8 Å². The molecule has 0 aliphatic carbocycles. The van der Waals surface area contributed by atoms with E-state index in [0.29, 0.717) is 16.8 Å². The molecule has 148 valence electrons. The number of aromatic nitrogens is 2. The van der Waals surface area contributed by atoms with E-state index >= 15 is 0 Å². The average Bonchev–Trinajstić information content (AvgIpc) is 2.68. The van der Waals surface area contributed by atoms with E-state index in [4.69, 9.17) is 5.73 Å². The summed E-state index contributed by atoms with van der Waals surface area (Å²) in [5.74, 6) is -1.72. The smallest absolute Gasteiger partial charge is 0.278 e. The lowest BCUT2D eigenvalue weighted by Gasteiger charge is -2.18. The Hall–Kier alpha value is -3.81. The van der Waals surface area contributed by atoms with Crippen molar-refractivity contribution < 1.29 is 14.0 Å². The van der Waals surface area contributed by atoms with Gasteiger partial charge in [0.25, 0.3) is 5.91 Å². The van der Waals surface area contributed by atoms with Crippen LogP contribution in [0.2, 0.25) is 0 Å². The minimum absolute atomic E-state index is 0.134. The fourth-order valence-corrected chi connectivity index (χ4v) is 2.91. The lowest BCUT2D eigenvalue weighted by molar-refractivity contribution is 0.0775. The van der Waals surface area contributed by atoms with Crippen molar-refractivity contribution in [3.05, 3.63) is 93.2 Å². The van der Waals surface area contributed by atoms with Crippen LogP contribution in [0.1, 0.15) is 32.1 Å². The van der Waals surface area contributed by atoms with E-state index in [0.717, 1.165) is 0 Å². The van der Waals surface area contributed by atoms with Crippen molar-refractivity contribution in [1.29, 1.82) is 0 Å². The number of para-hydroxylation sites is 1. The highest BCUT2D eigenvalue weighted by Gasteiger charge is 2.20. The first-order valence-corrected chi connectivity index (χ1v) is 8.78. The van der Waals surface area contributed by atoms with Crippen LogP contribution < -0.4 is 11.2 Å². The largest absolute Gasteiger partial charge is 0.366 e. The number of carbonyl (C=O) groups excluding carboxylic acids is 2. The molecule has 0 aliphatic heterocycles. The van der Waals surface area contributed by atoms with E-state index in [9.17, 15) is 18.8 Å². The number of benzene rings is 2. The minimum Gasteiger partial charge on any atom is -0.366 e. The fraction of sp³-hybridized carbons (Fsp3) is 0.143. The highest BCUT2D eigenvalue weighted by atomic mass is 19.1. The van der Waals surface area contributed by atoms with E-state index in [1.807, 2.05) is 0 Å². The summed E-state index contributed by atoms with van der Waals surface area (Å²) in [6.45, 7) is 1.74. The summed E-state index contributed by atoms with van der Waals surface area (Å²) in [5.41, 5.74) is 5.91. The predicted molar refractivity (Wildman–Crippen MR) is 105 cm³/mol. The highest BCUT2D eigenvalue weighted by Crippen LogP contribution is 2.14. The van der Waals surface area contributed by atoms with Crippen molar-refractivity contribution in [3.8, 4) is 5.69 Å². The van der Waals surface area contributed by atoms with Gasteiger partial charge in [-0.1, -0.05) is 24.3 Å². The Balaban J connectivity index is 1.94. The molecule has 8 heteroatoms. The molecule has 7 nitrogen and oxygen atoms in total. The summed E-state index contributed by atoms with van der Waals surface area (Å²) in [6, 6.07) is 13.7. The van der Waals surface area contributed by atoms with Crippen molar-refractivity contribution in [2.75, 3.05) is 7.05 Å². The summed E-state index contributed by atoms with van der Waals surface area (Å²) < 4.78 is 15.4. The Morgan fingerprint density at radius 2 is 1.86 bits per heavy atom. The Labute approximate surface area is 166 Å². The first-order chi connectivity index (χ1) is 13.8. The fourth-order valence-electron chi connectivity index (χ4n) is 2.91. The minimum atomic E-state index is -0.621. The lowest BCUT2D eigenvalue weighted by atomic mass is 10.1. The Kier molecular flexibility index (Phi) is 5.54. The molecule has 3 rings (SSSR count). The number of carbonyl (C=O) groups is 2. The van der Waals surface area contributed by atoms with Gasteiger partial charge >= 0.3 is 0 Å². The molecule has 0 radical (unpaired) electrons. The second-order valence-corrected chi connectivity index (χ2v) is 6.59. The summed E-state index contributed by atoms with van der Waals surface area (Å²) >= 11 is 0.